The average molecular weight is 502 g/mol. The van der Waals surface area contributed by atoms with Crippen LogP contribution in [0.5, 0.6) is 11.5 Å². The second-order valence-electron chi connectivity index (χ2n) is 5.98. The van der Waals surface area contributed by atoms with E-state index >= 15 is 0 Å². The number of methoxy groups -OCH3 is 1. The fourth-order valence-electron chi connectivity index (χ4n) is 2.65. The van der Waals surface area contributed by atoms with Crippen LogP contribution in [0, 0.1) is 14.9 Å². The summed E-state index contributed by atoms with van der Waals surface area (Å²) in [5, 5.41) is 10.1. The van der Waals surface area contributed by atoms with Crippen LogP contribution >= 0.6 is 34.2 Å². The van der Waals surface area contributed by atoms with Gasteiger partial charge in [0.15, 0.2) is 11.5 Å². The number of hydrogen-bond donors (Lipinski definition) is 0. The molecule has 3 rings (SSSR count). The van der Waals surface area contributed by atoms with Gasteiger partial charge in [0, 0.05) is 14.2 Å². The van der Waals surface area contributed by atoms with E-state index < -0.39 is 0 Å². The largest absolute Gasteiger partial charge is 0.493 e. The maximum Gasteiger partial charge on any atom is 0.161 e. The Morgan fingerprint density at radius 3 is 2.50 bits per heavy atom. The molecule has 0 aromatic heterocycles. The number of benzene rings is 3. The van der Waals surface area contributed by atoms with Crippen molar-refractivity contribution in [2.45, 2.75) is 6.61 Å². The molecular weight excluding hydrogens is 485 g/mol. The van der Waals surface area contributed by atoms with E-state index in [2.05, 4.69) is 28.7 Å². The molecule has 0 saturated heterocycles. The second-order valence-corrected chi connectivity index (χ2v) is 7.63. The SMILES string of the molecule is COc1cc(C=C(C#N)c2ccccc2Cl)ccc1OCc1ccc(I)cc1. The van der Waals surface area contributed by atoms with Crippen molar-refractivity contribution < 1.29 is 9.47 Å². The van der Waals surface area contributed by atoms with Crippen molar-refractivity contribution in [1.82, 2.24) is 0 Å². The molecule has 0 aliphatic heterocycles. The van der Waals surface area contributed by atoms with Crippen LogP contribution in [0.1, 0.15) is 16.7 Å². The van der Waals surface area contributed by atoms with E-state index in [4.69, 9.17) is 21.1 Å². The molecule has 28 heavy (non-hydrogen) atoms. The minimum absolute atomic E-state index is 0.450. The number of rotatable bonds is 6. The minimum atomic E-state index is 0.450. The molecule has 0 spiro atoms. The topological polar surface area (TPSA) is 42.2 Å². The molecule has 0 bridgehead atoms. The van der Waals surface area contributed by atoms with Crippen molar-refractivity contribution in [3.63, 3.8) is 0 Å². The van der Waals surface area contributed by atoms with Crippen LogP contribution < -0.4 is 9.47 Å². The Morgan fingerprint density at radius 1 is 1.07 bits per heavy atom. The highest BCUT2D eigenvalue weighted by atomic mass is 127. The van der Waals surface area contributed by atoms with Gasteiger partial charge >= 0.3 is 0 Å². The van der Waals surface area contributed by atoms with Gasteiger partial charge in [-0.1, -0.05) is 48.0 Å². The third-order valence-electron chi connectivity index (χ3n) is 4.09. The van der Waals surface area contributed by atoms with E-state index in [-0.39, 0.29) is 0 Å². The van der Waals surface area contributed by atoms with E-state index in [1.165, 1.54) is 3.57 Å². The first kappa shape index (κ1) is 20.2. The van der Waals surface area contributed by atoms with E-state index in [1.807, 2.05) is 60.7 Å². The number of allylic oxidation sites excluding steroid dienone is 1. The lowest BCUT2D eigenvalue weighted by molar-refractivity contribution is 0.284. The quantitative estimate of drug-likeness (QED) is 0.217. The van der Waals surface area contributed by atoms with E-state index in [0.29, 0.717) is 34.3 Å². The minimum Gasteiger partial charge on any atom is -0.493 e. The number of halogens is 2. The van der Waals surface area contributed by atoms with Crippen LogP contribution in [0.15, 0.2) is 66.7 Å². The molecule has 0 heterocycles. The summed E-state index contributed by atoms with van der Waals surface area (Å²) in [5.41, 5.74) is 3.09. The summed E-state index contributed by atoms with van der Waals surface area (Å²) >= 11 is 8.49. The van der Waals surface area contributed by atoms with Gasteiger partial charge in [-0.05, 0) is 70.1 Å². The number of hydrogen-bond acceptors (Lipinski definition) is 3. The van der Waals surface area contributed by atoms with Crippen molar-refractivity contribution in [2.75, 3.05) is 7.11 Å². The summed E-state index contributed by atoms with van der Waals surface area (Å²) in [4.78, 5) is 0. The molecule has 0 aliphatic carbocycles. The first-order valence-electron chi connectivity index (χ1n) is 8.52. The normalized spacial score (nSPS) is 11.0. The van der Waals surface area contributed by atoms with Crippen LogP contribution in [0.3, 0.4) is 0 Å². The van der Waals surface area contributed by atoms with E-state index in [1.54, 1.807) is 19.3 Å². The molecule has 0 fully saturated rings. The third-order valence-corrected chi connectivity index (χ3v) is 5.14. The van der Waals surface area contributed by atoms with Gasteiger partial charge < -0.3 is 9.47 Å². The lowest BCUT2D eigenvalue weighted by Gasteiger charge is -2.12. The highest BCUT2D eigenvalue weighted by Crippen LogP contribution is 2.31. The average Bonchev–Trinajstić information content (AvgIpc) is 2.72. The Balaban J connectivity index is 1.83. The third kappa shape index (κ3) is 5.06. The number of ether oxygens (including phenoxy) is 2. The van der Waals surface area contributed by atoms with Crippen molar-refractivity contribution in [2.24, 2.45) is 0 Å². The number of nitrogens with zero attached hydrogens (tertiary/aromatic N) is 1. The second kappa shape index (κ2) is 9.63. The molecule has 0 unspecified atom stereocenters. The zero-order valence-corrected chi connectivity index (χ0v) is 18.1. The first-order valence-corrected chi connectivity index (χ1v) is 9.98. The molecule has 5 heteroatoms. The van der Waals surface area contributed by atoms with E-state index in [9.17, 15) is 5.26 Å². The van der Waals surface area contributed by atoms with Gasteiger partial charge in [-0.25, -0.2) is 0 Å². The molecule has 3 aromatic carbocycles. The van der Waals surface area contributed by atoms with Gasteiger partial charge in [0.2, 0.25) is 0 Å². The molecule has 0 radical (unpaired) electrons. The summed E-state index contributed by atoms with van der Waals surface area (Å²) in [5.74, 6) is 1.25. The molecular formula is C23H17ClINO2. The molecule has 0 aliphatic rings. The highest BCUT2D eigenvalue weighted by Gasteiger charge is 2.09. The monoisotopic (exact) mass is 501 g/mol. The van der Waals surface area contributed by atoms with Gasteiger partial charge in [-0.2, -0.15) is 5.26 Å². The highest BCUT2D eigenvalue weighted by molar-refractivity contribution is 14.1. The Kier molecular flexibility index (Phi) is 6.96. The maximum absolute atomic E-state index is 9.54. The van der Waals surface area contributed by atoms with Gasteiger partial charge in [0.05, 0.1) is 18.8 Å². The predicted octanol–water partition coefficient (Wildman–Crippen LogP) is 6.60. The number of nitriles is 1. The fraction of sp³-hybridized carbons (Fsp3) is 0.0870. The van der Waals surface area contributed by atoms with Crippen LogP contribution in [0.2, 0.25) is 5.02 Å². The van der Waals surface area contributed by atoms with Crippen LogP contribution in [-0.2, 0) is 6.61 Å². The lowest BCUT2D eigenvalue weighted by Crippen LogP contribution is -1.98. The van der Waals surface area contributed by atoms with Crippen molar-refractivity contribution >= 4 is 45.8 Å². The summed E-state index contributed by atoms with van der Waals surface area (Å²) in [7, 11) is 1.60. The summed E-state index contributed by atoms with van der Waals surface area (Å²) in [6.07, 6.45) is 1.78. The Morgan fingerprint density at radius 2 is 1.82 bits per heavy atom. The Bertz CT molecular complexity index is 1040. The summed E-state index contributed by atoms with van der Waals surface area (Å²) in [6.45, 7) is 0.450. The molecule has 140 valence electrons. The fourth-order valence-corrected chi connectivity index (χ4v) is 3.25. The first-order chi connectivity index (χ1) is 13.6. The maximum atomic E-state index is 9.54. The van der Waals surface area contributed by atoms with Gasteiger partial charge in [0.25, 0.3) is 0 Å². The molecule has 0 amide bonds. The van der Waals surface area contributed by atoms with Crippen molar-refractivity contribution in [1.29, 1.82) is 5.26 Å². The van der Waals surface area contributed by atoms with E-state index in [0.717, 1.165) is 11.1 Å². The molecule has 0 saturated carbocycles. The van der Waals surface area contributed by atoms with Crippen molar-refractivity contribution in [3.05, 3.63) is 92.0 Å². The van der Waals surface area contributed by atoms with Crippen LogP contribution in [0.4, 0.5) is 0 Å². The van der Waals surface area contributed by atoms with Crippen LogP contribution in [-0.4, -0.2) is 7.11 Å². The van der Waals surface area contributed by atoms with Crippen LogP contribution in [0.25, 0.3) is 11.6 Å². The summed E-state index contributed by atoms with van der Waals surface area (Å²) < 4.78 is 12.6. The zero-order chi connectivity index (χ0) is 19.9. The van der Waals surface area contributed by atoms with Gasteiger partial charge in [-0.3, -0.25) is 0 Å². The van der Waals surface area contributed by atoms with Crippen molar-refractivity contribution in [3.8, 4) is 17.6 Å². The molecule has 3 aromatic rings. The van der Waals surface area contributed by atoms with Gasteiger partial charge in [-0.15, -0.1) is 0 Å². The smallest absolute Gasteiger partial charge is 0.161 e. The molecule has 0 atom stereocenters. The zero-order valence-electron chi connectivity index (χ0n) is 15.2. The standard InChI is InChI=1S/C23H17ClINO2/c1-27-23-13-17(12-18(14-26)20-4-2-3-5-21(20)24)8-11-22(23)28-15-16-6-9-19(25)10-7-16/h2-13H,15H2,1H3. The van der Waals surface area contributed by atoms with Gasteiger partial charge in [0.1, 0.15) is 6.61 Å². The Labute approximate surface area is 183 Å². The molecule has 3 nitrogen and oxygen atoms in total. The molecule has 0 N–H and O–H groups in total. The lowest BCUT2D eigenvalue weighted by atomic mass is 10.0. The predicted molar refractivity (Wildman–Crippen MR) is 121 cm³/mol. The Hall–Kier alpha value is -2.49. The summed E-state index contributed by atoms with van der Waals surface area (Å²) in [6, 6.07) is 23.2.